The molecular weight excluding hydrogens is 438 g/mol. The molecule has 2 aromatic carbocycles. The Bertz CT molecular complexity index is 1280. The number of amides is 1. The molecule has 0 unspecified atom stereocenters. The second kappa shape index (κ2) is 9.19. The van der Waals surface area contributed by atoms with Crippen LogP contribution in [0.4, 0.5) is 5.00 Å². The Morgan fingerprint density at radius 2 is 1.64 bits per heavy atom. The number of carboxylic acids is 1. The quantitative estimate of drug-likeness (QED) is 0.372. The van der Waals surface area contributed by atoms with Gasteiger partial charge in [-0.1, -0.05) is 53.6 Å². The molecule has 0 aliphatic heterocycles. The van der Waals surface area contributed by atoms with Crippen LogP contribution in [0.1, 0.15) is 37.0 Å². The Labute approximate surface area is 195 Å². The number of fused-ring (bicyclic) bond motifs is 1. The minimum absolute atomic E-state index is 0.276. The zero-order valence-electron chi connectivity index (χ0n) is 18.7. The minimum atomic E-state index is -0.988. The van der Waals surface area contributed by atoms with Crippen LogP contribution in [0.15, 0.2) is 59.0 Å². The average Bonchev–Trinajstić information content (AvgIpc) is 3.22. The predicted octanol–water partition coefficient (Wildman–Crippen LogP) is 5.74. The number of allylic oxidation sites excluding steroid dienone is 2. The van der Waals surface area contributed by atoms with Crippen LogP contribution in [-0.2, 0) is 14.3 Å². The van der Waals surface area contributed by atoms with Crippen LogP contribution in [-0.4, -0.2) is 30.1 Å². The number of benzene rings is 2. The molecule has 2 N–H and O–H groups in total. The first-order valence-electron chi connectivity index (χ1n) is 10.7. The van der Waals surface area contributed by atoms with Gasteiger partial charge >= 0.3 is 11.9 Å². The summed E-state index contributed by atoms with van der Waals surface area (Å²) in [5.74, 6) is -3.45. The van der Waals surface area contributed by atoms with Gasteiger partial charge < -0.3 is 15.2 Å². The molecule has 1 heterocycles. The van der Waals surface area contributed by atoms with Gasteiger partial charge in [-0.05, 0) is 43.0 Å². The lowest BCUT2D eigenvalue weighted by Gasteiger charge is -2.29. The number of esters is 1. The maximum absolute atomic E-state index is 13.2. The largest absolute Gasteiger partial charge is 0.481 e. The van der Waals surface area contributed by atoms with Crippen LogP contribution in [0.2, 0.25) is 0 Å². The Hall–Kier alpha value is -3.45. The van der Waals surface area contributed by atoms with Crippen molar-refractivity contribution in [2.45, 2.75) is 26.7 Å². The molecule has 0 saturated heterocycles. The number of carbonyl (C=O) groups excluding carboxylic acids is 2. The zero-order chi connectivity index (χ0) is 23.7. The van der Waals surface area contributed by atoms with E-state index in [0.717, 1.165) is 27.5 Å². The number of aliphatic carboxylic acids is 1. The summed E-state index contributed by atoms with van der Waals surface area (Å²) in [4.78, 5) is 37.8. The number of hydrogen-bond donors (Lipinski definition) is 2. The number of methoxy groups -OCH3 is 1. The molecule has 0 radical (unpaired) electrons. The van der Waals surface area contributed by atoms with E-state index in [2.05, 4.69) is 5.32 Å². The lowest BCUT2D eigenvalue weighted by Crippen LogP contribution is -2.36. The Morgan fingerprint density at radius 1 is 0.970 bits per heavy atom. The van der Waals surface area contributed by atoms with Crippen molar-refractivity contribution in [3.8, 4) is 11.1 Å². The monoisotopic (exact) mass is 463 g/mol. The summed E-state index contributed by atoms with van der Waals surface area (Å²) in [5.41, 5.74) is 3.85. The number of nitrogens with one attached hydrogen (secondary N) is 1. The van der Waals surface area contributed by atoms with Crippen LogP contribution in [0, 0.1) is 11.8 Å². The molecule has 0 spiro atoms. The molecule has 0 bridgehead atoms. The van der Waals surface area contributed by atoms with Crippen LogP contribution in [0.25, 0.3) is 21.9 Å². The number of rotatable bonds is 5. The van der Waals surface area contributed by atoms with E-state index in [1.165, 1.54) is 18.4 Å². The highest BCUT2D eigenvalue weighted by Gasteiger charge is 2.38. The van der Waals surface area contributed by atoms with Gasteiger partial charge in [0.1, 0.15) is 10.6 Å². The molecule has 1 aliphatic rings. The molecule has 1 amide bonds. The summed E-state index contributed by atoms with van der Waals surface area (Å²) in [6.45, 7) is 3.84. The van der Waals surface area contributed by atoms with Crippen molar-refractivity contribution in [3.63, 3.8) is 0 Å². The van der Waals surface area contributed by atoms with Gasteiger partial charge in [0.05, 0.1) is 18.9 Å². The fraction of sp³-hybridized carbons (Fsp3) is 0.269. The maximum Gasteiger partial charge on any atom is 0.341 e. The van der Waals surface area contributed by atoms with Crippen molar-refractivity contribution < 1.29 is 24.2 Å². The van der Waals surface area contributed by atoms with Crippen molar-refractivity contribution in [3.05, 3.63) is 64.6 Å². The summed E-state index contributed by atoms with van der Waals surface area (Å²) in [5, 5.41) is 16.7. The van der Waals surface area contributed by atoms with Gasteiger partial charge in [-0.3, -0.25) is 9.59 Å². The first-order chi connectivity index (χ1) is 15.8. The van der Waals surface area contributed by atoms with Crippen molar-refractivity contribution in [2.75, 3.05) is 12.4 Å². The molecule has 3 aromatic rings. The van der Waals surface area contributed by atoms with E-state index in [4.69, 9.17) is 4.74 Å². The topological polar surface area (TPSA) is 92.7 Å². The van der Waals surface area contributed by atoms with Crippen molar-refractivity contribution in [1.29, 1.82) is 0 Å². The molecule has 0 fully saturated rings. The first-order valence-corrected chi connectivity index (χ1v) is 11.6. The van der Waals surface area contributed by atoms with Gasteiger partial charge in [-0.25, -0.2) is 4.79 Å². The maximum atomic E-state index is 13.2. The SMILES string of the molecule is COC(=O)c1c(-c2cccc3ccccc23)csc1NC(=O)[C@@H]1CC(C)=C(C)C[C@@H]1C(=O)O. The van der Waals surface area contributed by atoms with E-state index >= 15 is 0 Å². The van der Waals surface area contributed by atoms with E-state index in [-0.39, 0.29) is 5.56 Å². The van der Waals surface area contributed by atoms with Crippen LogP contribution in [0.5, 0.6) is 0 Å². The Kier molecular flexibility index (Phi) is 6.33. The van der Waals surface area contributed by atoms with E-state index in [9.17, 15) is 19.5 Å². The summed E-state index contributed by atoms with van der Waals surface area (Å²) >= 11 is 1.23. The first kappa shape index (κ1) is 22.7. The molecule has 2 atom stereocenters. The smallest absolute Gasteiger partial charge is 0.341 e. The number of anilines is 1. The summed E-state index contributed by atoms with van der Waals surface area (Å²) < 4.78 is 5.04. The van der Waals surface area contributed by atoms with Crippen LogP contribution < -0.4 is 5.32 Å². The van der Waals surface area contributed by atoms with Crippen molar-refractivity contribution >= 4 is 45.0 Å². The highest BCUT2D eigenvalue weighted by atomic mass is 32.1. The third-order valence-electron chi connectivity index (χ3n) is 6.42. The van der Waals surface area contributed by atoms with Crippen molar-refractivity contribution in [2.24, 2.45) is 11.8 Å². The molecule has 170 valence electrons. The third-order valence-corrected chi connectivity index (χ3v) is 7.31. The minimum Gasteiger partial charge on any atom is -0.481 e. The number of thiophene rings is 1. The molecule has 1 aromatic heterocycles. The van der Waals surface area contributed by atoms with E-state index in [1.807, 2.05) is 61.7 Å². The van der Waals surface area contributed by atoms with Gasteiger partial charge in [0.2, 0.25) is 5.91 Å². The van der Waals surface area contributed by atoms with Crippen molar-refractivity contribution in [1.82, 2.24) is 0 Å². The number of ether oxygens (including phenoxy) is 1. The lowest BCUT2D eigenvalue weighted by molar-refractivity contribution is -0.146. The summed E-state index contributed by atoms with van der Waals surface area (Å²) in [7, 11) is 1.30. The van der Waals surface area contributed by atoms with Gasteiger partial charge in [0.15, 0.2) is 0 Å². The number of carboxylic acid groups (broad SMARTS) is 1. The standard InChI is InChI=1S/C26H25NO5S/c1-14-11-19(20(25(29)30)12-15(14)2)23(28)27-24-22(26(31)32-3)21(13-33-24)18-10-6-8-16-7-4-5-9-17(16)18/h4-10,13,19-20H,11-12H2,1-3H3,(H,27,28)(H,29,30)/t19-,20+/m1/s1. The summed E-state index contributed by atoms with van der Waals surface area (Å²) in [6, 6.07) is 13.7. The fourth-order valence-electron chi connectivity index (χ4n) is 4.45. The second-order valence-corrected chi connectivity index (χ2v) is 9.26. The highest BCUT2D eigenvalue weighted by molar-refractivity contribution is 7.15. The molecular formula is C26H25NO5S. The predicted molar refractivity (Wildman–Crippen MR) is 129 cm³/mol. The third kappa shape index (κ3) is 4.28. The van der Waals surface area contributed by atoms with E-state index in [1.54, 1.807) is 0 Å². The lowest BCUT2D eigenvalue weighted by atomic mass is 9.76. The van der Waals surface area contributed by atoms with Crippen LogP contribution >= 0.6 is 11.3 Å². The fourth-order valence-corrected chi connectivity index (χ4v) is 5.40. The summed E-state index contributed by atoms with van der Waals surface area (Å²) in [6.07, 6.45) is 0.721. The molecule has 1 aliphatic carbocycles. The molecule has 7 heteroatoms. The van der Waals surface area contributed by atoms with Crippen LogP contribution in [0.3, 0.4) is 0 Å². The second-order valence-electron chi connectivity index (χ2n) is 8.38. The van der Waals surface area contributed by atoms with Gasteiger partial charge in [-0.2, -0.15) is 0 Å². The molecule has 0 saturated carbocycles. The number of hydrogen-bond acceptors (Lipinski definition) is 5. The average molecular weight is 464 g/mol. The Morgan fingerprint density at radius 3 is 2.33 bits per heavy atom. The Balaban J connectivity index is 1.74. The normalized spacial score (nSPS) is 18.3. The molecule has 6 nitrogen and oxygen atoms in total. The number of carbonyl (C=O) groups is 3. The molecule has 33 heavy (non-hydrogen) atoms. The van der Waals surface area contributed by atoms with Gasteiger partial charge in [0.25, 0.3) is 0 Å². The van der Waals surface area contributed by atoms with Gasteiger partial charge in [0, 0.05) is 10.9 Å². The van der Waals surface area contributed by atoms with Gasteiger partial charge in [-0.15, -0.1) is 11.3 Å². The molecule has 4 rings (SSSR count). The highest BCUT2D eigenvalue weighted by Crippen LogP contribution is 2.41. The van der Waals surface area contributed by atoms with E-state index in [0.29, 0.717) is 23.4 Å². The zero-order valence-corrected chi connectivity index (χ0v) is 19.5. The van der Waals surface area contributed by atoms with E-state index < -0.39 is 29.7 Å².